The molecule has 1 fully saturated rings. The van der Waals surface area contributed by atoms with Crippen LogP contribution < -0.4 is 4.90 Å². The zero-order chi connectivity index (χ0) is 9.97. The van der Waals surface area contributed by atoms with Crippen molar-refractivity contribution >= 4 is 22.3 Å². The van der Waals surface area contributed by atoms with Gasteiger partial charge in [0.25, 0.3) is 0 Å². The van der Waals surface area contributed by atoms with E-state index in [0.29, 0.717) is 13.2 Å². The van der Waals surface area contributed by atoms with E-state index in [1.165, 1.54) is 11.3 Å². The van der Waals surface area contributed by atoms with Crippen LogP contribution in [-0.2, 0) is 4.74 Å². The van der Waals surface area contributed by atoms with Crippen LogP contribution in [0.1, 0.15) is 10.5 Å². The van der Waals surface area contributed by atoms with Crippen molar-refractivity contribution < 1.29 is 14.6 Å². The Morgan fingerprint density at radius 2 is 2.29 bits per heavy atom. The first-order valence-electron chi connectivity index (χ1n) is 4.28. The van der Waals surface area contributed by atoms with E-state index in [4.69, 9.17) is 9.84 Å². The highest BCUT2D eigenvalue weighted by atomic mass is 32.1. The van der Waals surface area contributed by atoms with Gasteiger partial charge < -0.3 is 14.7 Å². The molecule has 0 aliphatic carbocycles. The molecule has 0 bridgehead atoms. The lowest BCUT2D eigenvalue weighted by molar-refractivity contribution is 0.0691. The number of anilines is 1. The Morgan fingerprint density at radius 3 is 2.93 bits per heavy atom. The molecule has 0 unspecified atom stereocenters. The molecule has 2 heterocycles. The molecule has 2 rings (SSSR count). The van der Waals surface area contributed by atoms with Gasteiger partial charge in [-0.25, -0.2) is 9.78 Å². The Kier molecular flexibility index (Phi) is 2.64. The molecule has 1 N–H and O–H groups in total. The largest absolute Gasteiger partial charge is 0.476 e. The summed E-state index contributed by atoms with van der Waals surface area (Å²) >= 11 is 1.36. The lowest BCUT2D eigenvalue weighted by atomic mass is 10.4. The number of rotatable bonds is 2. The van der Waals surface area contributed by atoms with Gasteiger partial charge in [-0.2, -0.15) is 0 Å². The molecular weight excluding hydrogens is 204 g/mol. The molecule has 1 aromatic rings. The molecule has 1 aliphatic heterocycles. The van der Waals surface area contributed by atoms with E-state index < -0.39 is 5.97 Å². The highest BCUT2D eigenvalue weighted by Crippen LogP contribution is 2.25. The maximum absolute atomic E-state index is 10.8. The number of morpholine rings is 1. The number of carboxylic acid groups (broad SMARTS) is 1. The summed E-state index contributed by atoms with van der Waals surface area (Å²) in [6.07, 6.45) is 0. The monoisotopic (exact) mass is 214 g/mol. The standard InChI is InChI=1S/C8H10N2O3S/c11-8(12)6-7(14-5-9-6)10-1-3-13-4-2-10/h5H,1-4H2,(H,11,12). The van der Waals surface area contributed by atoms with E-state index >= 15 is 0 Å². The first-order valence-corrected chi connectivity index (χ1v) is 5.16. The van der Waals surface area contributed by atoms with Gasteiger partial charge in [-0.3, -0.25) is 0 Å². The molecule has 1 saturated heterocycles. The van der Waals surface area contributed by atoms with E-state index in [1.54, 1.807) is 5.51 Å². The number of aromatic nitrogens is 1. The van der Waals surface area contributed by atoms with Crippen LogP contribution in [0.2, 0.25) is 0 Å². The predicted octanol–water partition coefficient (Wildman–Crippen LogP) is 0.678. The molecule has 14 heavy (non-hydrogen) atoms. The van der Waals surface area contributed by atoms with E-state index in [1.807, 2.05) is 4.90 Å². The van der Waals surface area contributed by atoms with Crippen molar-refractivity contribution in [1.29, 1.82) is 0 Å². The van der Waals surface area contributed by atoms with Gasteiger partial charge in [0.1, 0.15) is 5.00 Å². The van der Waals surface area contributed by atoms with E-state index in [-0.39, 0.29) is 5.69 Å². The zero-order valence-corrected chi connectivity index (χ0v) is 8.29. The van der Waals surface area contributed by atoms with Crippen molar-refractivity contribution in [3.63, 3.8) is 0 Å². The van der Waals surface area contributed by atoms with Gasteiger partial charge in [0.15, 0.2) is 5.69 Å². The zero-order valence-electron chi connectivity index (χ0n) is 7.47. The summed E-state index contributed by atoms with van der Waals surface area (Å²) in [6, 6.07) is 0. The second-order valence-corrected chi connectivity index (χ2v) is 3.74. The van der Waals surface area contributed by atoms with Crippen LogP contribution in [-0.4, -0.2) is 42.4 Å². The Morgan fingerprint density at radius 1 is 1.57 bits per heavy atom. The van der Waals surface area contributed by atoms with Crippen molar-refractivity contribution in [3.05, 3.63) is 11.2 Å². The first kappa shape index (κ1) is 9.42. The fourth-order valence-corrected chi connectivity index (χ4v) is 2.22. The maximum atomic E-state index is 10.8. The van der Waals surface area contributed by atoms with Gasteiger partial charge in [0, 0.05) is 13.1 Å². The highest BCUT2D eigenvalue weighted by molar-refractivity contribution is 7.14. The smallest absolute Gasteiger partial charge is 0.357 e. The van der Waals surface area contributed by atoms with Crippen molar-refractivity contribution in [1.82, 2.24) is 4.98 Å². The molecule has 0 spiro atoms. The molecule has 0 saturated carbocycles. The average Bonchev–Trinajstić information content (AvgIpc) is 2.67. The molecule has 0 atom stereocenters. The molecule has 1 aliphatic rings. The van der Waals surface area contributed by atoms with Crippen molar-refractivity contribution in [2.75, 3.05) is 31.2 Å². The minimum absolute atomic E-state index is 0.150. The lowest BCUT2D eigenvalue weighted by Crippen LogP contribution is -2.36. The van der Waals surface area contributed by atoms with Crippen molar-refractivity contribution in [3.8, 4) is 0 Å². The molecule has 0 radical (unpaired) electrons. The Bertz CT molecular complexity index is 333. The number of thiazole rings is 1. The molecule has 0 aromatic carbocycles. The van der Waals surface area contributed by atoms with Crippen molar-refractivity contribution in [2.45, 2.75) is 0 Å². The van der Waals surface area contributed by atoms with Crippen LogP contribution in [0, 0.1) is 0 Å². The molecule has 76 valence electrons. The third-order valence-electron chi connectivity index (χ3n) is 2.05. The fraction of sp³-hybridized carbons (Fsp3) is 0.500. The van der Waals surface area contributed by atoms with Crippen LogP contribution in [0.25, 0.3) is 0 Å². The Labute approximate surface area is 84.9 Å². The van der Waals surface area contributed by atoms with E-state index in [2.05, 4.69) is 4.98 Å². The van der Waals surface area contributed by atoms with Crippen LogP contribution >= 0.6 is 11.3 Å². The van der Waals surface area contributed by atoms with Gasteiger partial charge >= 0.3 is 5.97 Å². The summed E-state index contributed by atoms with van der Waals surface area (Å²) in [6.45, 7) is 2.78. The van der Waals surface area contributed by atoms with Gasteiger partial charge in [-0.15, -0.1) is 11.3 Å². The number of hydrogen-bond acceptors (Lipinski definition) is 5. The topological polar surface area (TPSA) is 62.7 Å². The molecule has 1 aromatic heterocycles. The number of carboxylic acids is 1. The van der Waals surface area contributed by atoms with Gasteiger partial charge in [-0.1, -0.05) is 0 Å². The molecule has 0 amide bonds. The Balaban J connectivity index is 2.21. The van der Waals surface area contributed by atoms with E-state index in [0.717, 1.165) is 18.1 Å². The summed E-state index contributed by atoms with van der Waals surface area (Å²) in [4.78, 5) is 16.6. The summed E-state index contributed by atoms with van der Waals surface area (Å²) in [5.41, 5.74) is 1.71. The van der Waals surface area contributed by atoms with Crippen LogP contribution in [0.3, 0.4) is 0 Å². The van der Waals surface area contributed by atoms with Crippen LogP contribution in [0.5, 0.6) is 0 Å². The predicted molar refractivity (Wildman–Crippen MR) is 52.1 cm³/mol. The third kappa shape index (κ3) is 1.71. The minimum Gasteiger partial charge on any atom is -0.476 e. The fourth-order valence-electron chi connectivity index (χ4n) is 1.38. The number of carbonyl (C=O) groups is 1. The quantitative estimate of drug-likeness (QED) is 0.784. The maximum Gasteiger partial charge on any atom is 0.357 e. The number of aromatic carboxylic acids is 1. The average molecular weight is 214 g/mol. The summed E-state index contributed by atoms with van der Waals surface area (Å²) < 4.78 is 5.19. The first-order chi connectivity index (χ1) is 6.79. The van der Waals surface area contributed by atoms with Crippen molar-refractivity contribution in [2.24, 2.45) is 0 Å². The summed E-state index contributed by atoms with van der Waals surface area (Å²) in [5, 5.41) is 9.61. The van der Waals surface area contributed by atoms with E-state index in [9.17, 15) is 4.79 Å². The third-order valence-corrected chi connectivity index (χ3v) is 2.94. The number of nitrogens with zero attached hydrogens (tertiary/aromatic N) is 2. The Hall–Kier alpha value is -1.14. The molecule has 6 heteroatoms. The number of hydrogen-bond donors (Lipinski definition) is 1. The molecular formula is C8H10N2O3S. The molecule has 5 nitrogen and oxygen atoms in total. The van der Waals surface area contributed by atoms with Gasteiger partial charge in [0.2, 0.25) is 0 Å². The van der Waals surface area contributed by atoms with Crippen LogP contribution in [0.4, 0.5) is 5.00 Å². The summed E-state index contributed by atoms with van der Waals surface area (Å²) in [7, 11) is 0. The second kappa shape index (κ2) is 3.93. The number of ether oxygens (including phenoxy) is 1. The summed E-state index contributed by atoms with van der Waals surface area (Å²) in [5.74, 6) is -0.965. The highest BCUT2D eigenvalue weighted by Gasteiger charge is 2.20. The van der Waals surface area contributed by atoms with Gasteiger partial charge in [-0.05, 0) is 0 Å². The second-order valence-electron chi connectivity index (χ2n) is 2.91. The lowest BCUT2D eigenvalue weighted by Gasteiger charge is -2.27. The van der Waals surface area contributed by atoms with Gasteiger partial charge in [0.05, 0.1) is 18.7 Å². The normalized spacial score (nSPS) is 17.0. The minimum atomic E-state index is -0.965. The van der Waals surface area contributed by atoms with Crippen LogP contribution in [0.15, 0.2) is 5.51 Å². The SMILES string of the molecule is O=C(O)c1ncsc1N1CCOCC1.